The highest BCUT2D eigenvalue weighted by Crippen LogP contribution is 2.28. The number of carbonyl (C=O) groups is 1. The first-order chi connectivity index (χ1) is 10.3. The van der Waals surface area contributed by atoms with Crippen LogP contribution in [0.25, 0.3) is 0 Å². The van der Waals surface area contributed by atoms with Crippen molar-refractivity contribution in [1.82, 2.24) is 10.2 Å². The lowest BCUT2D eigenvalue weighted by Crippen LogP contribution is -2.24. The van der Waals surface area contributed by atoms with Gasteiger partial charge in [0.1, 0.15) is 17.7 Å². The Labute approximate surface area is 122 Å². The molecule has 1 aliphatic rings. The first-order valence-electron chi connectivity index (χ1n) is 6.67. The van der Waals surface area contributed by atoms with Gasteiger partial charge < -0.3 is 14.8 Å². The van der Waals surface area contributed by atoms with E-state index in [1.165, 1.54) is 12.7 Å². The molecule has 0 bridgehead atoms. The van der Waals surface area contributed by atoms with Crippen molar-refractivity contribution in [3.63, 3.8) is 0 Å². The number of aromatic nitrogens is 2. The van der Waals surface area contributed by atoms with Crippen molar-refractivity contribution in [3.8, 4) is 5.75 Å². The molecule has 0 saturated carbocycles. The van der Waals surface area contributed by atoms with E-state index in [0.29, 0.717) is 12.4 Å². The van der Waals surface area contributed by atoms with Crippen LogP contribution in [0, 0.1) is 0 Å². The van der Waals surface area contributed by atoms with Gasteiger partial charge >= 0.3 is 5.97 Å². The second-order valence-electron chi connectivity index (χ2n) is 4.73. The fourth-order valence-corrected chi connectivity index (χ4v) is 2.23. The van der Waals surface area contributed by atoms with E-state index in [9.17, 15) is 4.79 Å². The van der Waals surface area contributed by atoms with Gasteiger partial charge in [-0.1, -0.05) is 18.2 Å². The zero-order chi connectivity index (χ0) is 14.7. The van der Waals surface area contributed by atoms with E-state index in [0.717, 1.165) is 12.2 Å². The van der Waals surface area contributed by atoms with Gasteiger partial charge in [0.25, 0.3) is 0 Å². The summed E-state index contributed by atoms with van der Waals surface area (Å²) in [5, 5.41) is 10.9. The summed E-state index contributed by atoms with van der Waals surface area (Å²) in [5.41, 5.74) is 1.41. The molecular weight excluding hydrogens is 270 g/mol. The van der Waals surface area contributed by atoms with Crippen molar-refractivity contribution in [3.05, 3.63) is 47.7 Å². The predicted molar refractivity (Wildman–Crippen MR) is 76.4 cm³/mol. The van der Waals surface area contributed by atoms with Gasteiger partial charge in [0, 0.05) is 6.42 Å². The molecule has 3 rings (SSSR count). The highest BCUT2D eigenvalue weighted by Gasteiger charge is 2.22. The van der Waals surface area contributed by atoms with Crippen LogP contribution in [0.15, 0.2) is 36.4 Å². The smallest absolute Gasteiger partial charge is 0.358 e. The van der Waals surface area contributed by atoms with Gasteiger partial charge in [0.05, 0.1) is 13.7 Å². The Morgan fingerprint density at radius 3 is 2.90 bits per heavy atom. The lowest BCUT2D eigenvalue weighted by Gasteiger charge is -2.12. The molecule has 1 N–H and O–H groups in total. The molecule has 0 saturated heterocycles. The average molecular weight is 285 g/mol. The van der Waals surface area contributed by atoms with E-state index in [4.69, 9.17) is 4.74 Å². The lowest BCUT2D eigenvalue weighted by molar-refractivity contribution is 0.0592. The Bertz CT molecular complexity index is 618. The Morgan fingerprint density at radius 1 is 1.33 bits per heavy atom. The number of rotatable bonds is 4. The number of methoxy groups -OCH3 is 1. The number of esters is 1. The van der Waals surface area contributed by atoms with Crippen molar-refractivity contribution >= 4 is 11.8 Å². The molecule has 1 aliphatic heterocycles. The summed E-state index contributed by atoms with van der Waals surface area (Å²) in [6.07, 6.45) is 0.945. The standard InChI is InChI=1S/C15H15N3O3/c1-20-15(19)12-6-7-14(18-17-12)16-9-11-8-10-4-2-3-5-13(10)21-11/h2-7,11H,8-9H2,1H3,(H,16,18). The fraction of sp³-hybridized carbons (Fsp3) is 0.267. The minimum absolute atomic E-state index is 0.0736. The first-order valence-corrected chi connectivity index (χ1v) is 6.67. The Balaban J connectivity index is 1.56. The summed E-state index contributed by atoms with van der Waals surface area (Å²) in [7, 11) is 1.31. The maximum absolute atomic E-state index is 11.3. The fourth-order valence-electron chi connectivity index (χ4n) is 2.23. The number of hydrogen-bond donors (Lipinski definition) is 1. The van der Waals surface area contributed by atoms with Crippen molar-refractivity contribution in [2.75, 3.05) is 19.0 Å². The van der Waals surface area contributed by atoms with Crippen LogP contribution < -0.4 is 10.1 Å². The van der Waals surface area contributed by atoms with Crippen LogP contribution in [-0.2, 0) is 11.2 Å². The SMILES string of the molecule is COC(=O)c1ccc(NCC2Cc3ccccc3O2)nn1. The van der Waals surface area contributed by atoms with Crippen molar-refractivity contribution in [2.24, 2.45) is 0 Å². The zero-order valence-electron chi connectivity index (χ0n) is 11.6. The largest absolute Gasteiger partial charge is 0.488 e. The third kappa shape index (κ3) is 2.94. The quantitative estimate of drug-likeness (QED) is 0.862. The second kappa shape index (κ2) is 5.78. The maximum atomic E-state index is 11.3. The molecule has 1 unspecified atom stereocenters. The van der Waals surface area contributed by atoms with Crippen LogP contribution in [-0.4, -0.2) is 35.9 Å². The number of hydrogen-bond acceptors (Lipinski definition) is 6. The van der Waals surface area contributed by atoms with E-state index in [2.05, 4.69) is 26.3 Å². The van der Waals surface area contributed by atoms with Crippen LogP contribution in [0.4, 0.5) is 5.82 Å². The summed E-state index contributed by atoms with van der Waals surface area (Å²) in [5.74, 6) is 1.04. The van der Waals surface area contributed by atoms with Crippen molar-refractivity contribution < 1.29 is 14.3 Å². The Kier molecular flexibility index (Phi) is 3.68. The molecule has 0 fully saturated rings. The molecule has 0 radical (unpaired) electrons. The predicted octanol–water partition coefficient (Wildman–Crippen LogP) is 1.68. The summed E-state index contributed by atoms with van der Waals surface area (Å²) in [4.78, 5) is 11.3. The molecule has 1 aromatic carbocycles. The molecule has 0 aliphatic carbocycles. The minimum Gasteiger partial charge on any atom is -0.488 e. The lowest BCUT2D eigenvalue weighted by atomic mass is 10.1. The summed E-state index contributed by atoms with van der Waals surface area (Å²) >= 11 is 0. The molecule has 108 valence electrons. The van der Waals surface area contributed by atoms with Gasteiger partial charge in [-0.05, 0) is 23.8 Å². The van der Waals surface area contributed by atoms with Gasteiger partial charge in [-0.3, -0.25) is 0 Å². The topological polar surface area (TPSA) is 73.3 Å². The number of para-hydroxylation sites is 1. The van der Waals surface area contributed by atoms with Crippen LogP contribution in [0.1, 0.15) is 16.1 Å². The Hall–Kier alpha value is -2.63. The molecule has 0 amide bonds. The van der Waals surface area contributed by atoms with Gasteiger partial charge in [0.2, 0.25) is 0 Å². The van der Waals surface area contributed by atoms with E-state index < -0.39 is 5.97 Å². The number of anilines is 1. The molecule has 2 aromatic rings. The minimum atomic E-state index is -0.497. The highest BCUT2D eigenvalue weighted by molar-refractivity contribution is 5.86. The maximum Gasteiger partial charge on any atom is 0.358 e. The third-order valence-corrected chi connectivity index (χ3v) is 3.28. The van der Waals surface area contributed by atoms with Crippen LogP contribution in [0.3, 0.4) is 0 Å². The summed E-state index contributed by atoms with van der Waals surface area (Å²) < 4.78 is 10.4. The second-order valence-corrected chi connectivity index (χ2v) is 4.73. The number of carbonyl (C=O) groups excluding carboxylic acids is 1. The normalized spacial score (nSPS) is 16.0. The molecule has 6 nitrogen and oxygen atoms in total. The van der Waals surface area contributed by atoms with E-state index in [1.54, 1.807) is 12.1 Å². The van der Waals surface area contributed by atoms with Crippen molar-refractivity contribution in [1.29, 1.82) is 0 Å². The molecular formula is C15H15N3O3. The zero-order valence-corrected chi connectivity index (χ0v) is 11.6. The van der Waals surface area contributed by atoms with Gasteiger partial charge in [-0.2, -0.15) is 0 Å². The van der Waals surface area contributed by atoms with E-state index in [-0.39, 0.29) is 11.8 Å². The van der Waals surface area contributed by atoms with Crippen LogP contribution in [0.2, 0.25) is 0 Å². The van der Waals surface area contributed by atoms with E-state index in [1.807, 2.05) is 18.2 Å². The van der Waals surface area contributed by atoms with Crippen LogP contribution in [0.5, 0.6) is 5.75 Å². The first kappa shape index (κ1) is 13.4. The highest BCUT2D eigenvalue weighted by atomic mass is 16.5. The number of nitrogens with one attached hydrogen (secondary N) is 1. The third-order valence-electron chi connectivity index (χ3n) is 3.28. The average Bonchev–Trinajstić information content (AvgIpc) is 2.95. The number of benzene rings is 1. The molecule has 1 atom stereocenters. The van der Waals surface area contributed by atoms with Crippen LogP contribution >= 0.6 is 0 Å². The number of fused-ring (bicyclic) bond motifs is 1. The molecule has 6 heteroatoms. The molecule has 0 spiro atoms. The monoisotopic (exact) mass is 285 g/mol. The summed E-state index contributed by atoms with van der Waals surface area (Å²) in [6, 6.07) is 11.3. The van der Waals surface area contributed by atoms with Gasteiger partial charge in [-0.25, -0.2) is 4.79 Å². The summed E-state index contributed by atoms with van der Waals surface area (Å²) in [6.45, 7) is 0.626. The number of nitrogens with zero attached hydrogens (tertiary/aromatic N) is 2. The van der Waals surface area contributed by atoms with E-state index >= 15 is 0 Å². The molecule has 21 heavy (non-hydrogen) atoms. The van der Waals surface area contributed by atoms with Gasteiger partial charge in [0.15, 0.2) is 5.69 Å². The van der Waals surface area contributed by atoms with Crippen molar-refractivity contribution in [2.45, 2.75) is 12.5 Å². The molecule has 2 heterocycles. The number of ether oxygens (including phenoxy) is 2. The van der Waals surface area contributed by atoms with Gasteiger partial charge in [-0.15, -0.1) is 10.2 Å². The Morgan fingerprint density at radius 2 is 2.19 bits per heavy atom. The molecule has 1 aromatic heterocycles.